The fraction of sp³-hybridized carbons (Fsp3) is 0.600. The first-order valence-electron chi connectivity index (χ1n) is 2.51. The third-order valence-electron chi connectivity index (χ3n) is 0.679. The van der Waals surface area contributed by atoms with Gasteiger partial charge in [0.1, 0.15) is 0 Å². The van der Waals surface area contributed by atoms with E-state index in [1.165, 1.54) is 7.11 Å². The Bertz CT molecular complexity index is 193. The van der Waals surface area contributed by atoms with Crippen LogP contribution in [0, 0.1) is 5.63 Å². The van der Waals surface area contributed by atoms with Crippen LogP contribution >= 0.6 is 7.92 Å². The summed E-state index contributed by atoms with van der Waals surface area (Å²) in [5.41, 5.74) is 2.31. The standard InChI is InChI=1S/C5H7O4P/c1-8-5(6)4-9-2-3-10-7/h2,4H2,1H3. The Kier molecular flexibility index (Phi) is 6.19. The number of esters is 1. The predicted molar refractivity (Wildman–Crippen MR) is 34.3 cm³/mol. The summed E-state index contributed by atoms with van der Waals surface area (Å²) in [5.74, 6) is -0.454. The Labute approximate surface area is 59.6 Å². The quantitative estimate of drug-likeness (QED) is 0.343. The maximum absolute atomic E-state index is 10.3. The van der Waals surface area contributed by atoms with Gasteiger partial charge in [0, 0.05) is 0 Å². The summed E-state index contributed by atoms with van der Waals surface area (Å²) < 4.78 is 18.6. The van der Waals surface area contributed by atoms with Crippen LogP contribution in [-0.2, 0) is 18.8 Å². The van der Waals surface area contributed by atoms with Crippen LogP contribution in [0.3, 0.4) is 0 Å². The second-order valence-corrected chi connectivity index (χ2v) is 1.82. The molecule has 0 spiro atoms. The van der Waals surface area contributed by atoms with Crippen molar-refractivity contribution in [1.82, 2.24) is 0 Å². The molecule has 56 valence electrons. The fourth-order valence-corrected chi connectivity index (χ4v) is 0.409. The number of ether oxygens (including phenoxy) is 2. The first kappa shape index (κ1) is 9.44. The molecule has 0 amide bonds. The molecule has 0 atom stereocenters. The third-order valence-corrected chi connectivity index (χ3v) is 0.937. The molecule has 0 aromatic carbocycles. The maximum atomic E-state index is 10.3. The molecule has 0 aromatic rings. The van der Waals surface area contributed by atoms with Crippen molar-refractivity contribution in [2.75, 3.05) is 20.3 Å². The Balaban J connectivity index is 3.25. The van der Waals surface area contributed by atoms with E-state index in [1.54, 1.807) is 0 Å². The zero-order valence-electron chi connectivity index (χ0n) is 5.49. The van der Waals surface area contributed by atoms with Gasteiger partial charge in [-0.3, -0.25) is 0 Å². The van der Waals surface area contributed by atoms with E-state index in [9.17, 15) is 9.36 Å². The van der Waals surface area contributed by atoms with E-state index < -0.39 is 5.97 Å². The summed E-state index contributed by atoms with van der Waals surface area (Å²) in [6, 6.07) is 0. The van der Waals surface area contributed by atoms with Gasteiger partial charge in [0.2, 0.25) is 0 Å². The van der Waals surface area contributed by atoms with Crippen LogP contribution in [0.1, 0.15) is 0 Å². The van der Waals surface area contributed by atoms with Crippen LogP contribution in [0.25, 0.3) is 0 Å². The molecule has 0 aromatic heterocycles. The van der Waals surface area contributed by atoms with Crippen LogP contribution in [0.2, 0.25) is 0 Å². The normalized spacial score (nSPS) is 8.10. The van der Waals surface area contributed by atoms with E-state index in [4.69, 9.17) is 0 Å². The van der Waals surface area contributed by atoms with E-state index in [2.05, 4.69) is 15.1 Å². The molecule has 10 heavy (non-hydrogen) atoms. The van der Waals surface area contributed by atoms with Gasteiger partial charge in [0.25, 0.3) is 0 Å². The van der Waals surface area contributed by atoms with E-state index in [-0.39, 0.29) is 21.1 Å². The van der Waals surface area contributed by atoms with Gasteiger partial charge in [0.15, 0.2) is 0 Å². The fourth-order valence-electron chi connectivity index (χ4n) is 0.265. The molecule has 0 fully saturated rings. The Morgan fingerprint density at radius 3 is 2.90 bits per heavy atom. The van der Waals surface area contributed by atoms with Gasteiger partial charge in [-0.15, -0.1) is 0 Å². The van der Waals surface area contributed by atoms with Crippen molar-refractivity contribution >= 4 is 13.9 Å². The number of methoxy groups -OCH3 is 1. The topological polar surface area (TPSA) is 52.6 Å². The molecule has 5 heteroatoms. The number of hydrogen-bond acceptors (Lipinski definition) is 4. The summed E-state index contributed by atoms with van der Waals surface area (Å²) in [4.78, 5) is 10.3. The number of carbonyl (C=O) groups excluding carboxylic acids is 1. The predicted octanol–water partition coefficient (Wildman–Crippen LogP) is 0.427. The molecular formula is C5H7O4P. The minimum absolute atomic E-state index is 0.0696. The molecule has 0 aliphatic carbocycles. The van der Waals surface area contributed by atoms with Gasteiger partial charge in [0.05, 0.1) is 0 Å². The van der Waals surface area contributed by atoms with Crippen molar-refractivity contribution < 1.29 is 18.8 Å². The number of hydrogen-bond donors (Lipinski definition) is 0. The second kappa shape index (κ2) is 6.56. The molecule has 0 bridgehead atoms. The SMILES string of the molecule is COC(=O)COCC#P=O. The molecule has 0 radical (unpaired) electrons. The average molecular weight is 162 g/mol. The van der Waals surface area contributed by atoms with E-state index in [1.807, 2.05) is 0 Å². The van der Waals surface area contributed by atoms with Crippen molar-refractivity contribution in [2.24, 2.45) is 0 Å². The van der Waals surface area contributed by atoms with Crippen LogP contribution in [0.5, 0.6) is 0 Å². The summed E-state index contributed by atoms with van der Waals surface area (Å²) in [6.45, 7) is -0.0564. The van der Waals surface area contributed by atoms with E-state index >= 15 is 0 Å². The molecule has 0 unspecified atom stereocenters. The molecular weight excluding hydrogens is 155 g/mol. The van der Waals surface area contributed by atoms with Crippen molar-refractivity contribution in [2.45, 2.75) is 0 Å². The molecule has 0 aliphatic heterocycles. The van der Waals surface area contributed by atoms with Gasteiger partial charge in [-0.25, -0.2) is 0 Å². The number of carbonyl (C=O) groups is 1. The molecule has 0 aliphatic rings. The Morgan fingerprint density at radius 2 is 2.40 bits per heavy atom. The molecule has 0 heterocycles. The monoisotopic (exact) mass is 162 g/mol. The van der Waals surface area contributed by atoms with Gasteiger partial charge in [-0.05, 0) is 0 Å². The molecule has 4 nitrogen and oxygen atoms in total. The minimum atomic E-state index is -0.454. The molecule has 0 saturated heterocycles. The van der Waals surface area contributed by atoms with Gasteiger partial charge in [-0.1, -0.05) is 0 Å². The molecule has 0 saturated carbocycles. The zero-order valence-corrected chi connectivity index (χ0v) is 6.39. The summed E-state index contributed by atoms with van der Waals surface area (Å²) in [6.07, 6.45) is 0. The molecule has 0 N–H and O–H groups in total. The molecule has 0 rings (SSSR count). The van der Waals surface area contributed by atoms with Gasteiger partial charge < -0.3 is 0 Å². The Hall–Kier alpha value is -0.560. The van der Waals surface area contributed by atoms with Crippen molar-refractivity contribution in [3.63, 3.8) is 0 Å². The van der Waals surface area contributed by atoms with Gasteiger partial charge >= 0.3 is 58.7 Å². The van der Waals surface area contributed by atoms with Crippen LogP contribution in [0.4, 0.5) is 0 Å². The summed E-state index contributed by atoms with van der Waals surface area (Å²) >= 11 is 0. The van der Waals surface area contributed by atoms with Crippen molar-refractivity contribution in [1.29, 1.82) is 0 Å². The van der Waals surface area contributed by atoms with E-state index in [0.29, 0.717) is 0 Å². The van der Waals surface area contributed by atoms with Gasteiger partial charge in [-0.2, -0.15) is 0 Å². The zero-order chi connectivity index (χ0) is 7.82. The first-order chi connectivity index (χ1) is 4.81. The van der Waals surface area contributed by atoms with Crippen molar-refractivity contribution in [3.05, 3.63) is 0 Å². The second-order valence-electron chi connectivity index (χ2n) is 1.32. The number of rotatable bonds is 3. The third kappa shape index (κ3) is 5.57. The first-order valence-corrected chi connectivity index (χ1v) is 3.32. The van der Waals surface area contributed by atoms with Crippen LogP contribution in [-0.4, -0.2) is 26.3 Å². The summed E-state index contributed by atoms with van der Waals surface area (Å²) in [5, 5.41) is 0. The summed E-state index contributed by atoms with van der Waals surface area (Å²) in [7, 11) is 1.05. The van der Waals surface area contributed by atoms with Crippen LogP contribution < -0.4 is 0 Å². The van der Waals surface area contributed by atoms with Crippen molar-refractivity contribution in [3.8, 4) is 5.63 Å². The van der Waals surface area contributed by atoms with Crippen LogP contribution in [0.15, 0.2) is 0 Å². The average Bonchev–Trinajstić information content (AvgIpc) is 1.98. The van der Waals surface area contributed by atoms with E-state index in [0.717, 1.165) is 0 Å². The Morgan fingerprint density at radius 1 is 1.70 bits per heavy atom.